The molecule has 0 spiro atoms. The highest BCUT2D eigenvalue weighted by molar-refractivity contribution is 6.00. The van der Waals surface area contributed by atoms with Crippen LogP contribution in [0.3, 0.4) is 0 Å². The van der Waals surface area contributed by atoms with Gasteiger partial charge in [0.1, 0.15) is 0 Å². The van der Waals surface area contributed by atoms with Crippen LogP contribution in [0, 0.1) is 6.42 Å². The second-order valence-corrected chi connectivity index (χ2v) is 5.93. The van der Waals surface area contributed by atoms with Gasteiger partial charge in [-0.2, -0.15) is 0 Å². The van der Waals surface area contributed by atoms with Crippen LogP contribution in [0.25, 0.3) is 33.0 Å². The number of hydrogen-bond donors (Lipinski definition) is 0. The van der Waals surface area contributed by atoms with Crippen molar-refractivity contribution in [2.24, 2.45) is 0 Å². The topological polar surface area (TPSA) is 0 Å². The van der Waals surface area contributed by atoms with E-state index < -0.39 is 0 Å². The number of fused-ring (bicyclic) bond motifs is 4. The Labute approximate surface area is 136 Å². The highest BCUT2D eigenvalue weighted by Gasteiger charge is 2.22. The summed E-state index contributed by atoms with van der Waals surface area (Å²) in [5.74, 6) is 0. The minimum absolute atomic E-state index is 1.19. The first kappa shape index (κ1) is 12.7. The lowest BCUT2D eigenvalue weighted by molar-refractivity contribution is 1.53. The van der Waals surface area contributed by atoms with Crippen LogP contribution in [0.1, 0.15) is 11.1 Å². The molecule has 0 aliphatic heterocycles. The molecule has 0 unspecified atom stereocenters. The fourth-order valence-corrected chi connectivity index (χ4v) is 3.56. The zero-order valence-corrected chi connectivity index (χ0v) is 12.6. The Balaban J connectivity index is 1.80. The smallest absolute Gasteiger partial charge is 0.0521 e. The molecule has 0 saturated carbocycles. The Bertz CT molecular complexity index is 1040. The lowest BCUT2D eigenvalue weighted by atomic mass is 9.92. The van der Waals surface area contributed by atoms with E-state index in [0.717, 1.165) is 0 Å². The average Bonchev–Trinajstić information content (AvgIpc) is 3.00. The van der Waals surface area contributed by atoms with E-state index >= 15 is 0 Å². The van der Waals surface area contributed by atoms with Gasteiger partial charge in [0.05, 0.1) is 6.42 Å². The highest BCUT2D eigenvalue weighted by Crippen LogP contribution is 2.43. The van der Waals surface area contributed by atoms with Crippen LogP contribution in [0.15, 0.2) is 84.9 Å². The third-order valence-electron chi connectivity index (χ3n) is 4.62. The molecule has 1 aliphatic carbocycles. The summed E-state index contributed by atoms with van der Waals surface area (Å²) in [6.45, 7) is 0. The van der Waals surface area contributed by atoms with Gasteiger partial charge in [-0.1, -0.05) is 84.9 Å². The van der Waals surface area contributed by atoms with Crippen molar-refractivity contribution in [1.82, 2.24) is 0 Å². The van der Waals surface area contributed by atoms with Crippen molar-refractivity contribution in [3.8, 4) is 22.3 Å². The van der Waals surface area contributed by atoms with Crippen LogP contribution in [0.4, 0.5) is 0 Å². The molecule has 4 aromatic rings. The summed E-state index contributed by atoms with van der Waals surface area (Å²) in [5.41, 5.74) is 7.51. The molecule has 0 heteroatoms. The summed E-state index contributed by atoms with van der Waals surface area (Å²) < 4.78 is 0. The first-order valence-electron chi connectivity index (χ1n) is 7.89. The van der Waals surface area contributed by atoms with E-state index in [1.54, 1.807) is 0 Å². The number of hydrogen-bond acceptors (Lipinski definition) is 0. The summed E-state index contributed by atoms with van der Waals surface area (Å²) in [4.78, 5) is 0. The van der Waals surface area contributed by atoms with Crippen LogP contribution in [-0.4, -0.2) is 0 Å². The van der Waals surface area contributed by atoms with Gasteiger partial charge < -0.3 is 0 Å². The van der Waals surface area contributed by atoms with Crippen LogP contribution in [0.2, 0.25) is 0 Å². The zero-order valence-electron chi connectivity index (χ0n) is 12.6. The molecule has 0 fully saturated rings. The zero-order chi connectivity index (χ0) is 15.2. The maximum absolute atomic E-state index is 3.61. The third kappa shape index (κ3) is 1.85. The Morgan fingerprint density at radius 2 is 1.09 bits per heavy atom. The third-order valence-corrected chi connectivity index (χ3v) is 4.62. The van der Waals surface area contributed by atoms with E-state index in [4.69, 9.17) is 0 Å². The molecule has 2 radical (unpaired) electrons. The van der Waals surface area contributed by atoms with Crippen LogP contribution in [-0.2, 0) is 0 Å². The van der Waals surface area contributed by atoms with E-state index in [1.807, 2.05) is 0 Å². The molecule has 0 amide bonds. The van der Waals surface area contributed by atoms with Gasteiger partial charge in [0.25, 0.3) is 0 Å². The monoisotopic (exact) mass is 290 g/mol. The van der Waals surface area contributed by atoms with Crippen LogP contribution in [0.5, 0.6) is 0 Å². The molecular formula is C23H14. The number of rotatable bonds is 1. The Morgan fingerprint density at radius 1 is 0.478 bits per heavy atom. The van der Waals surface area contributed by atoms with Gasteiger partial charge in [0.15, 0.2) is 0 Å². The standard InChI is InChI=1S/C23H14/c1-3-10-18-16(7-1)9-5-12-20(18)22-14-6-13-21-19-11-4-2-8-17(19)15-23(21)22/h1-14H. The first-order chi connectivity index (χ1) is 11.4. The normalized spacial score (nSPS) is 12.2. The van der Waals surface area contributed by atoms with Gasteiger partial charge in [-0.25, -0.2) is 0 Å². The van der Waals surface area contributed by atoms with Gasteiger partial charge in [-0.15, -0.1) is 0 Å². The minimum atomic E-state index is 1.19. The van der Waals surface area contributed by atoms with E-state index in [2.05, 4.69) is 91.3 Å². The van der Waals surface area contributed by atoms with Crippen molar-refractivity contribution in [2.45, 2.75) is 0 Å². The van der Waals surface area contributed by atoms with Crippen molar-refractivity contribution in [3.63, 3.8) is 0 Å². The van der Waals surface area contributed by atoms with Crippen molar-refractivity contribution in [3.05, 3.63) is 102 Å². The molecule has 0 heterocycles. The summed E-state index contributed by atoms with van der Waals surface area (Å²) in [6.07, 6.45) is 3.61. The summed E-state index contributed by atoms with van der Waals surface area (Å²) in [5, 5.41) is 2.57. The van der Waals surface area contributed by atoms with Gasteiger partial charge >= 0.3 is 0 Å². The van der Waals surface area contributed by atoms with Gasteiger partial charge in [0, 0.05) is 0 Å². The van der Waals surface area contributed by atoms with Gasteiger partial charge in [-0.3, -0.25) is 0 Å². The quantitative estimate of drug-likeness (QED) is 0.357. The summed E-state index contributed by atoms with van der Waals surface area (Å²) in [6, 6.07) is 30.1. The minimum Gasteiger partial charge on any atom is -0.0619 e. The van der Waals surface area contributed by atoms with Gasteiger partial charge in [0.2, 0.25) is 0 Å². The second-order valence-electron chi connectivity index (χ2n) is 5.93. The Hall–Kier alpha value is -2.86. The van der Waals surface area contributed by atoms with Crippen molar-refractivity contribution in [1.29, 1.82) is 0 Å². The largest absolute Gasteiger partial charge is 0.0619 e. The fraction of sp³-hybridized carbons (Fsp3) is 0. The predicted octanol–water partition coefficient (Wildman–Crippen LogP) is 5.96. The SMILES string of the molecule is [C]1c2ccccc2-c2cccc(-c3cccc4ccccc34)c21. The molecule has 0 bridgehead atoms. The fourth-order valence-electron chi connectivity index (χ4n) is 3.56. The first-order valence-corrected chi connectivity index (χ1v) is 7.89. The van der Waals surface area contributed by atoms with E-state index in [1.165, 1.54) is 44.2 Å². The lowest BCUT2D eigenvalue weighted by Gasteiger charge is -2.11. The van der Waals surface area contributed by atoms with Crippen molar-refractivity contribution < 1.29 is 0 Å². The molecule has 0 aromatic heterocycles. The van der Waals surface area contributed by atoms with Crippen LogP contribution >= 0.6 is 0 Å². The number of benzene rings is 4. The van der Waals surface area contributed by atoms with E-state index in [9.17, 15) is 0 Å². The molecule has 5 rings (SSSR count). The molecule has 0 atom stereocenters. The maximum atomic E-state index is 3.61. The van der Waals surface area contributed by atoms with Crippen molar-refractivity contribution in [2.75, 3.05) is 0 Å². The Kier molecular flexibility index (Phi) is 2.65. The van der Waals surface area contributed by atoms with Gasteiger partial charge in [-0.05, 0) is 44.2 Å². The molecule has 0 saturated heterocycles. The molecule has 0 nitrogen and oxygen atoms in total. The predicted molar refractivity (Wildman–Crippen MR) is 96.3 cm³/mol. The second kappa shape index (κ2) is 4.82. The van der Waals surface area contributed by atoms with E-state index in [0.29, 0.717) is 0 Å². The summed E-state index contributed by atoms with van der Waals surface area (Å²) >= 11 is 0. The average molecular weight is 290 g/mol. The molecule has 23 heavy (non-hydrogen) atoms. The highest BCUT2D eigenvalue weighted by atomic mass is 14.2. The van der Waals surface area contributed by atoms with Crippen molar-refractivity contribution >= 4 is 10.8 Å². The molecule has 1 aliphatic rings. The molecule has 106 valence electrons. The maximum Gasteiger partial charge on any atom is 0.0521 e. The van der Waals surface area contributed by atoms with Crippen LogP contribution < -0.4 is 0 Å². The molecular weight excluding hydrogens is 276 g/mol. The summed E-state index contributed by atoms with van der Waals surface area (Å²) in [7, 11) is 0. The lowest BCUT2D eigenvalue weighted by Crippen LogP contribution is -1.88. The molecule has 4 aromatic carbocycles. The van der Waals surface area contributed by atoms with E-state index in [-0.39, 0.29) is 0 Å². The Morgan fingerprint density at radius 3 is 2.04 bits per heavy atom. The molecule has 0 N–H and O–H groups in total.